The first-order valence-electron chi connectivity index (χ1n) is 6.01. The Balaban J connectivity index is 2.08. The van der Waals surface area contributed by atoms with E-state index in [1.54, 1.807) is 18.4 Å². The molecule has 0 amide bonds. The number of rotatable bonds is 5. The number of aromatic nitrogens is 1. The Kier molecular flexibility index (Phi) is 4.33. The Morgan fingerprint density at radius 3 is 2.61 bits per heavy atom. The number of methoxy groups -OCH3 is 1. The average molecular weight is 262 g/mol. The molecule has 0 atom stereocenters. The predicted molar refractivity (Wildman–Crippen MR) is 76.1 cm³/mol. The fourth-order valence-corrected chi connectivity index (χ4v) is 2.45. The van der Waals surface area contributed by atoms with Crippen molar-refractivity contribution < 1.29 is 4.74 Å². The highest BCUT2D eigenvalue weighted by Gasteiger charge is 2.05. The van der Waals surface area contributed by atoms with E-state index in [-0.39, 0.29) is 0 Å². The lowest BCUT2D eigenvalue weighted by atomic mass is 10.2. The minimum atomic E-state index is 0.485. The molecule has 0 spiro atoms. The molecule has 1 heterocycles. The molecule has 0 bridgehead atoms. The van der Waals surface area contributed by atoms with Crippen LogP contribution < -0.4 is 10.1 Å². The van der Waals surface area contributed by atoms with Crippen molar-refractivity contribution in [2.24, 2.45) is 0 Å². The number of hydrogen-bond acceptors (Lipinski definition) is 4. The van der Waals surface area contributed by atoms with Crippen molar-refractivity contribution in [2.45, 2.75) is 26.4 Å². The fourth-order valence-electron chi connectivity index (χ4n) is 1.57. The van der Waals surface area contributed by atoms with Crippen LogP contribution in [0, 0.1) is 0 Å². The third-order valence-corrected chi connectivity index (χ3v) is 3.64. The van der Waals surface area contributed by atoms with Crippen LogP contribution in [0.5, 0.6) is 5.75 Å². The van der Waals surface area contributed by atoms with Gasteiger partial charge in [-0.1, -0.05) is 13.8 Å². The summed E-state index contributed by atoms with van der Waals surface area (Å²) in [5.41, 5.74) is 1.18. The largest absolute Gasteiger partial charge is 0.497 e. The summed E-state index contributed by atoms with van der Waals surface area (Å²) in [6.45, 7) is 5.11. The highest BCUT2D eigenvalue weighted by molar-refractivity contribution is 7.15. The van der Waals surface area contributed by atoms with Gasteiger partial charge in [0, 0.05) is 18.8 Å². The lowest BCUT2D eigenvalue weighted by Crippen LogP contribution is -2.21. The minimum Gasteiger partial charge on any atom is -0.497 e. The maximum absolute atomic E-state index is 5.15. The van der Waals surface area contributed by atoms with Crippen LogP contribution in [0.3, 0.4) is 0 Å². The van der Waals surface area contributed by atoms with Gasteiger partial charge >= 0.3 is 0 Å². The highest BCUT2D eigenvalue weighted by atomic mass is 32.1. The quantitative estimate of drug-likeness (QED) is 0.897. The second-order valence-electron chi connectivity index (χ2n) is 4.38. The van der Waals surface area contributed by atoms with E-state index < -0.39 is 0 Å². The molecule has 18 heavy (non-hydrogen) atoms. The van der Waals surface area contributed by atoms with E-state index in [9.17, 15) is 0 Å². The predicted octanol–water partition coefficient (Wildman–Crippen LogP) is 3.32. The second-order valence-corrected chi connectivity index (χ2v) is 5.50. The Labute approximate surface area is 112 Å². The molecule has 3 nitrogen and oxygen atoms in total. The summed E-state index contributed by atoms with van der Waals surface area (Å²) in [5, 5.41) is 4.49. The highest BCUT2D eigenvalue weighted by Crippen LogP contribution is 2.27. The van der Waals surface area contributed by atoms with Crippen molar-refractivity contribution >= 4 is 11.3 Å². The molecular formula is C14H18N2OS. The lowest BCUT2D eigenvalue weighted by Gasteiger charge is -2.04. The zero-order chi connectivity index (χ0) is 13.0. The molecule has 1 aromatic carbocycles. The van der Waals surface area contributed by atoms with E-state index in [4.69, 9.17) is 4.74 Å². The molecular weight excluding hydrogens is 244 g/mol. The standard InChI is InChI=1S/C14H18N2OS/c1-10(2)15-9-14-16-8-13(18-14)11-4-6-12(17-3)7-5-11/h4-8,10,15H,9H2,1-3H3. The van der Waals surface area contributed by atoms with Crippen LogP contribution in [-0.4, -0.2) is 18.1 Å². The van der Waals surface area contributed by atoms with E-state index in [2.05, 4.69) is 36.3 Å². The third kappa shape index (κ3) is 3.31. The molecule has 0 aliphatic carbocycles. The molecule has 0 saturated heterocycles. The molecule has 4 heteroatoms. The first-order valence-corrected chi connectivity index (χ1v) is 6.83. The van der Waals surface area contributed by atoms with Crippen molar-refractivity contribution in [3.8, 4) is 16.2 Å². The van der Waals surface area contributed by atoms with E-state index in [1.165, 1.54) is 10.4 Å². The molecule has 1 aromatic heterocycles. The molecule has 96 valence electrons. The summed E-state index contributed by atoms with van der Waals surface area (Å²) < 4.78 is 5.15. The normalized spacial score (nSPS) is 10.9. The number of nitrogens with one attached hydrogen (secondary N) is 1. The summed E-state index contributed by atoms with van der Waals surface area (Å²) in [5.74, 6) is 0.880. The van der Waals surface area contributed by atoms with Gasteiger partial charge in [-0.3, -0.25) is 0 Å². The summed E-state index contributed by atoms with van der Waals surface area (Å²) >= 11 is 1.73. The maximum Gasteiger partial charge on any atom is 0.118 e. The summed E-state index contributed by atoms with van der Waals surface area (Å²) in [7, 11) is 1.68. The first-order chi connectivity index (χ1) is 8.69. The molecule has 0 aliphatic heterocycles. The van der Waals surface area contributed by atoms with E-state index in [0.29, 0.717) is 6.04 Å². The number of thiazole rings is 1. The van der Waals surface area contributed by atoms with Gasteiger partial charge in [0.2, 0.25) is 0 Å². The molecule has 2 aromatic rings. The smallest absolute Gasteiger partial charge is 0.118 e. The number of hydrogen-bond donors (Lipinski definition) is 1. The van der Waals surface area contributed by atoms with Crippen molar-refractivity contribution in [3.63, 3.8) is 0 Å². The molecule has 0 unspecified atom stereocenters. The zero-order valence-corrected chi connectivity index (χ0v) is 11.8. The van der Waals surface area contributed by atoms with Crippen LogP contribution in [0.15, 0.2) is 30.5 Å². The second kappa shape index (κ2) is 5.98. The first kappa shape index (κ1) is 13.1. The summed E-state index contributed by atoms with van der Waals surface area (Å²) in [4.78, 5) is 5.62. The van der Waals surface area contributed by atoms with Crippen molar-refractivity contribution in [1.29, 1.82) is 0 Å². The van der Waals surface area contributed by atoms with E-state index in [1.807, 2.05) is 18.3 Å². The van der Waals surface area contributed by atoms with Gasteiger partial charge in [-0.25, -0.2) is 4.98 Å². The minimum absolute atomic E-state index is 0.485. The van der Waals surface area contributed by atoms with Gasteiger partial charge in [-0.2, -0.15) is 0 Å². The lowest BCUT2D eigenvalue weighted by molar-refractivity contribution is 0.415. The van der Waals surface area contributed by atoms with Crippen LogP contribution >= 0.6 is 11.3 Å². The SMILES string of the molecule is COc1ccc(-c2cnc(CNC(C)C)s2)cc1. The van der Waals surface area contributed by atoms with Crippen LogP contribution in [-0.2, 0) is 6.54 Å². The van der Waals surface area contributed by atoms with Crippen molar-refractivity contribution in [3.05, 3.63) is 35.5 Å². The van der Waals surface area contributed by atoms with Crippen LogP contribution in [0.25, 0.3) is 10.4 Å². The van der Waals surface area contributed by atoms with Gasteiger partial charge in [0.25, 0.3) is 0 Å². The zero-order valence-electron chi connectivity index (χ0n) is 10.9. The Morgan fingerprint density at radius 2 is 2.00 bits per heavy atom. The van der Waals surface area contributed by atoms with E-state index >= 15 is 0 Å². The molecule has 2 rings (SSSR count). The Hall–Kier alpha value is -1.39. The number of nitrogens with zero attached hydrogens (tertiary/aromatic N) is 1. The topological polar surface area (TPSA) is 34.1 Å². The number of ether oxygens (including phenoxy) is 1. The van der Waals surface area contributed by atoms with E-state index in [0.717, 1.165) is 17.3 Å². The Bertz CT molecular complexity index is 491. The molecule has 0 radical (unpaired) electrons. The molecule has 0 aliphatic rings. The molecule has 0 saturated carbocycles. The van der Waals surface area contributed by atoms with Crippen molar-refractivity contribution in [2.75, 3.05) is 7.11 Å². The van der Waals surface area contributed by atoms with Gasteiger partial charge in [-0.05, 0) is 29.8 Å². The van der Waals surface area contributed by atoms with Gasteiger partial charge in [0.15, 0.2) is 0 Å². The maximum atomic E-state index is 5.15. The monoisotopic (exact) mass is 262 g/mol. The summed E-state index contributed by atoms with van der Waals surface area (Å²) in [6.07, 6.45) is 1.93. The van der Waals surface area contributed by atoms with Crippen molar-refractivity contribution in [1.82, 2.24) is 10.3 Å². The van der Waals surface area contributed by atoms with Crippen LogP contribution in [0.2, 0.25) is 0 Å². The molecule has 0 fully saturated rings. The van der Waals surface area contributed by atoms with Gasteiger partial charge < -0.3 is 10.1 Å². The average Bonchev–Trinajstić information content (AvgIpc) is 2.85. The van der Waals surface area contributed by atoms with Crippen LogP contribution in [0.4, 0.5) is 0 Å². The van der Waals surface area contributed by atoms with Gasteiger partial charge in [0.05, 0.1) is 12.0 Å². The van der Waals surface area contributed by atoms with Gasteiger partial charge in [-0.15, -0.1) is 11.3 Å². The third-order valence-electron chi connectivity index (χ3n) is 2.59. The summed E-state index contributed by atoms with van der Waals surface area (Å²) in [6, 6.07) is 8.55. The van der Waals surface area contributed by atoms with Crippen LogP contribution in [0.1, 0.15) is 18.9 Å². The molecule has 1 N–H and O–H groups in total. The fraction of sp³-hybridized carbons (Fsp3) is 0.357. The Morgan fingerprint density at radius 1 is 1.28 bits per heavy atom. The number of benzene rings is 1. The van der Waals surface area contributed by atoms with Gasteiger partial charge in [0.1, 0.15) is 10.8 Å².